The normalized spacial score (nSPS) is 10.0. The Balaban J connectivity index is 0. The molecule has 0 aliphatic heterocycles. The summed E-state index contributed by atoms with van der Waals surface area (Å²) in [6.07, 6.45) is 1.32. The van der Waals surface area contributed by atoms with Gasteiger partial charge in [0.05, 0.1) is 0 Å². The summed E-state index contributed by atoms with van der Waals surface area (Å²) < 4.78 is 0. The molecule has 0 atom stereocenters. The summed E-state index contributed by atoms with van der Waals surface area (Å²) in [5.41, 5.74) is 0. The van der Waals surface area contributed by atoms with E-state index in [0.29, 0.717) is 0 Å². The van der Waals surface area contributed by atoms with E-state index in [9.17, 15) is 4.79 Å². The molecule has 0 unspecified atom stereocenters. The van der Waals surface area contributed by atoms with Crippen LogP contribution in [0.3, 0.4) is 0 Å². The van der Waals surface area contributed by atoms with Crippen molar-refractivity contribution in [3.05, 3.63) is 11.1 Å². The minimum absolute atomic E-state index is 0. The van der Waals surface area contributed by atoms with Crippen molar-refractivity contribution in [2.24, 2.45) is 0 Å². The van der Waals surface area contributed by atoms with E-state index in [1.807, 2.05) is 0 Å². The fourth-order valence-electron chi connectivity index (χ4n) is 0.123. The van der Waals surface area contributed by atoms with Gasteiger partial charge in [-0.1, -0.05) is 17.7 Å². The van der Waals surface area contributed by atoms with Crippen LogP contribution in [0.4, 0.5) is 0 Å². The van der Waals surface area contributed by atoms with Crippen LogP contribution in [0.1, 0.15) is 6.92 Å². The third-order valence-electron chi connectivity index (χ3n) is 0.458. The Morgan fingerprint density at radius 2 is 2.12 bits per heavy atom. The van der Waals surface area contributed by atoms with Crippen molar-refractivity contribution in [2.45, 2.75) is 6.92 Å². The average molecular weight is 186 g/mol. The molecule has 0 rings (SSSR count). The van der Waals surface area contributed by atoms with Gasteiger partial charge in [0.25, 0.3) is 0 Å². The molecule has 2 nitrogen and oxygen atoms in total. The maximum Gasteiger partial charge on any atom is 0.346 e. The van der Waals surface area contributed by atoms with Gasteiger partial charge in [-0.25, -0.2) is 4.79 Å². The number of rotatable bonds is 1. The molecule has 0 saturated heterocycles. The summed E-state index contributed by atoms with van der Waals surface area (Å²) in [5.74, 6) is -1.08. The van der Waals surface area contributed by atoms with E-state index in [1.54, 1.807) is 6.92 Å². The minimum Gasteiger partial charge on any atom is -0.477 e. The summed E-state index contributed by atoms with van der Waals surface area (Å²) in [7, 11) is 0. The van der Waals surface area contributed by atoms with Gasteiger partial charge < -0.3 is 5.11 Å². The molecule has 0 saturated carbocycles. The van der Waals surface area contributed by atoms with Gasteiger partial charge >= 0.3 is 5.97 Å². The van der Waals surface area contributed by atoms with Crippen LogP contribution in [0, 0.1) is 0 Å². The van der Waals surface area contributed by atoms with Crippen molar-refractivity contribution >= 4 is 17.6 Å². The molecule has 0 aliphatic carbocycles. The molecule has 42 valence electrons. The Labute approximate surface area is 65.3 Å². The first-order valence-electron chi connectivity index (χ1n) is 1.73. The number of carboxylic acid groups (broad SMARTS) is 1. The molecule has 0 aromatic rings. The molecule has 0 bridgehead atoms. The number of hydrogen-bond acceptors (Lipinski definition) is 1. The Morgan fingerprint density at radius 1 is 1.75 bits per heavy atom. The van der Waals surface area contributed by atoms with Gasteiger partial charge in [-0.3, -0.25) is 0 Å². The van der Waals surface area contributed by atoms with E-state index in [0.717, 1.165) is 0 Å². The fourth-order valence-corrected chi connectivity index (χ4v) is 0.123. The third-order valence-corrected chi connectivity index (χ3v) is 0.838. The van der Waals surface area contributed by atoms with Gasteiger partial charge in [-0.05, 0) is 6.92 Å². The molecule has 0 aliphatic rings. The number of hydrogen-bond donors (Lipinski definition) is 1. The van der Waals surface area contributed by atoms with Gasteiger partial charge in [-0.15, -0.1) is 0 Å². The second-order valence-electron chi connectivity index (χ2n) is 0.942. The molecule has 0 radical (unpaired) electrons. The first kappa shape index (κ1) is 11.0. The molecule has 0 heterocycles. The molecule has 1 N–H and O–H groups in total. The molecule has 8 heavy (non-hydrogen) atoms. The number of allylic oxidation sites excluding steroid dienone is 1. The monoisotopic (exact) mass is 184 g/mol. The van der Waals surface area contributed by atoms with Gasteiger partial charge in [-0.2, -0.15) is 0 Å². The van der Waals surface area contributed by atoms with Crippen molar-refractivity contribution in [3.63, 3.8) is 0 Å². The van der Waals surface area contributed by atoms with Crippen molar-refractivity contribution in [3.8, 4) is 0 Å². The van der Waals surface area contributed by atoms with E-state index < -0.39 is 5.97 Å². The van der Waals surface area contributed by atoms with Crippen LogP contribution in [-0.2, 0) is 24.3 Å². The van der Waals surface area contributed by atoms with Gasteiger partial charge in [0.2, 0.25) is 0 Å². The van der Waals surface area contributed by atoms with Crippen molar-refractivity contribution in [1.82, 2.24) is 0 Å². The van der Waals surface area contributed by atoms with Gasteiger partial charge in [0.15, 0.2) is 0 Å². The van der Waals surface area contributed by atoms with Crippen LogP contribution in [-0.4, -0.2) is 11.1 Å². The largest absolute Gasteiger partial charge is 0.477 e. The van der Waals surface area contributed by atoms with E-state index >= 15 is 0 Å². The van der Waals surface area contributed by atoms with Crippen LogP contribution < -0.4 is 0 Å². The Morgan fingerprint density at radius 3 is 2.12 bits per heavy atom. The molecule has 0 aromatic heterocycles. The topological polar surface area (TPSA) is 37.3 Å². The molecule has 0 aromatic carbocycles. The van der Waals surface area contributed by atoms with Crippen LogP contribution in [0.2, 0.25) is 0 Å². The minimum atomic E-state index is -1.08. The Bertz CT molecular complexity index is 111. The maximum atomic E-state index is 9.73. The summed E-state index contributed by atoms with van der Waals surface area (Å²) in [4.78, 5) is 9.73. The zero-order valence-electron chi connectivity index (χ0n) is 4.52. The predicted octanol–water partition coefficient (Wildman–Crippen LogP) is 1.21. The number of carbonyl (C=O) groups is 1. The first-order chi connectivity index (χ1) is 3.18. The summed E-state index contributed by atoms with van der Waals surface area (Å²) in [5, 5.41) is 7.84. The van der Waals surface area contributed by atoms with E-state index in [2.05, 4.69) is 0 Å². The SMILES string of the molecule is C/C=C(\Cl)C(=O)O.[Zn]. The van der Waals surface area contributed by atoms with Crippen LogP contribution in [0.15, 0.2) is 11.1 Å². The summed E-state index contributed by atoms with van der Waals surface area (Å²) in [6.45, 7) is 1.57. The molecular weight excluding hydrogens is 181 g/mol. The smallest absolute Gasteiger partial charge is 0.346 e. The van der Waals surface area contributed by atoms with Crippen molar-refractivity contribution < 1.29 is 29.4 Å². The van der Waals surface area contributed by atoms with E-state index in [1.165, 1.54) is 6.08 Å². The van der Waals surface area contributed by atoms with Crippen LogP contribution >= 0.6 is 11.6 Å². The van der Waals surface area contributed by atoms with Crippen molar-refractivity contribution in [2.75, 3.05) is 0 Å². The summed E-state index contributed by atoms with van der Waals surface area (Å²) >= 11 is 5.06. The molecule has 0 spiro atoms. The molecule has 0 amide bonds. The summed E-state index contributed by atoms with van der Waals surface area (Å²) in [6, 6.07) is 0. The second-order valence-corrected chi connectivity index (χ2v) is 1.35. The number of carboxylic acids is 1. The number of halogens is 1. The average Bonchev–Trinajstić information content (AvgIpc) is 1.65. The Kier molecular flexibility index (Phi) is 7.23. The molecule has 4 heteroatoms. The molecular formula is C4H5ClO2Zn. The predicted molar refractivity (Wildman–Crippen MR) is 27.2 cm³/mol. The van der Waals surface area contributed by atoms with Crippen LogP contribution in [0.25, 0.3) is 0 Å². The standard InChI is InChI=1S/C4H5ClO2.Zn/c1-2-3(5)4(6)7;/h2H,1H3,(H,6,7);/b3-2-;. The Hall–Kier alpha value is 0.123. The third kappa shape index (κ3) is 4.29. The van der Waals surface area contributed by atoms with Gasteiger partial charge in [0.1, 0.15) is 5.03 Å². The second kappa shape index (κ2) is 5.26. The number of aliphatic carboxylic acids is 1. The van der Waals surface area contributed by atoms with Gasteiger partial charge in [0, 0.05) is 19.5 Å². The quantitative estimate of drug-likeness (QED) is 0.493. The first-order valence-corrected chi connectivity index (χ1v) is 2.11. The van der Waals surface area contributed by atoms with E-state index in [-0.39, 0.29) is 24.5 Å². The fraction of sp³-hybridized carbons (Fsp3) is 0.250. The van der Waals surface area contributed by atoms with Crippen LogP contribution in [0.5, 0.6) is 0 Å². The zero-order chi connectivity index (χ0) is 5.86. The van der Waals surface area contributed by atoms with Crippen molar-refractivity contribution in [1.29, 1.82) is 0 Å². The maximum absolute atomic E-state index is 9.73. The van der Waals surface area contributed by atoms with E-state index in [4.69, 9.17) is 16.7 Å². The molecule has 0 fully saturated rings. The zero-order valence-corrected chi connectivity index (χ0v) is 8.24.